The van der Waals surface area contributed by atoms with Crippen LogP contribution in [-0.2, 0) is 11.3 Å². The number of imidazole rings is 1. The van der Waals surface area contributed by atoms with E-state index in [2.05, 4.69) is 38.7 Å². The third-order valence-electron chi connectivity index (χ3n) is 8.52. The maximum absolute atomic E-state index is 14.7. The summed E-state index contributed by atoms with van der Waals surface area (Å²) in [4.78, 5) is 31.3. The number of nitrogens with zero attached hydrogens (tertiary/aromatic N) is 6. The Morgan fingerprint density at radius 2 is 1.88 bits per heavy atom. The van der Waals surface area contributed by atoms with E-state index in [0.717, 1.165) is 24.4 Å². The Hall–Kier alpha value is -4.09. The average molecular weight is 604 g/mol. The van der Waals surface area contributed by atoms with Crippen LogP contribution in [0.1, 0.15) is 44.2 Å². The standard InChI is InChI=1S/C31H31ClFN7O3/c1-18-7-9-19(10-8-18)16-40-26-25(21-13-22(32)15-23(33)14-21)34-28(29-37-31(41)43-38-29)35-27(26)36-30(40)39-11-12-42-17-24(39)20-5-3-2-4-6-20/h2-6,13-15,18-19,24H,7-12,16-17H2,1H3,(H,37,38,41)/t18-,19-,24-/m0/s1. The molecule has 1 N–H and O–H groups in total. The summed E-state index contributed by atoms with van der Waals surface area (Å²) in [6.07, 6.45) is 4.55. The molecule has 1 aliphatic carbocycles. The fourth-order valence-corrected chi connectivity index (χ4v) is 6.53. The predicted octanol–water partition coefficient (Wildman–Crippen LogP) is 6.03. The molecule has 0 radical (unpaired) electrons. The van der Waals surface area contributed by atoms with Crippen molar-refractivity contribution in [1.82, 2.24) is 29.7 Å². The number of ether oxygens (including phenoxy) is 1. The van der Waals surface area contributed by atoms with Gasteiger partial charge in [-0.25, -0.2) is 19.2 Å². The highest BCUT2D eigenvalue weighted by atomic mass is 35.5. The van der Waals surface area contributed by atoms with Gasteiger partial charge in [0.05, 0.1) is 19.3 Å². The second kappa shape index (κ2) is 11.5. The van der Waals surface area contributed by atoms with E-state index < -0.39 is 11.6 Å². The minimum absolute atomic E-state index is 0.0570. The van der Waals surface area contributed by atoms with Gasteiger partial charge in [0, 0.05) is 23.7 Å². The van der Waals surface area contributed by atoms with Crippen molar-refractivity contribution < 1.29 is 13.7 Å². The lowest BCUT2D eigenvalue weighted by atomic mass is 9.83. The number of benzene rings is 2. The van der Waals surface area contributed by atoms with Crippen LogP contribution in [0.3, 0.4) is 0 Å². The molecule has 1 saturated heterocycles. The van der Waals surface area contributed by atoms with Crippen LogP contribution in [0, 0.1) is 17.7 Å². The van der Waals surface area contributed by atoms with Gasteiger partial charge < -0.3 is 14.2 Å². The van der Waals surface area contributed by atoms with Crippen molar-refractivity contribution in [2.75, 3.05) is 24.7 Å². The van der Waals surface area contributed by atoms with Crippen LogP contribution in [0.15, 0.2) is 57.8 Å². The summed E-state index contributed by atoms with van der Waals surface area (Å²) < 4.78 is 27.6. The number of morpholine rings is 1. The Bertz CT molecular complexity index is 1790. The maximum Gasteiger partial charge on any atom is 0.439 e. The Labute approximate surface area is 251 Å². The molecule has 1 saturated carbocycles. The van der Waals surface area contributed by atoms with Crippen LogP contribution in [0.2, 0.25) is 5.02 Å². The first kappa shape index (κ1) is 27.7. The summed E-state index contributed by atoms with van der Waals surface area (Å²) in [7, 11) is 0. The zero-order chi connectivity index (χ0) is 29.5. The highest BCUT2D eigenvalue weighted by molar-refractivity contribution is 6.30. The van der Waals surface area contributed by atoms with E-state index in [-0.39, 0.29) is 22.7 Å². The van der Waals surface area contributed by atoms with E-state index >= 15 is 0 Å². The first-order chi connectivity index (χ1) is 20.9. The number of hydrogen-bond donors (Lipinski definition) is 1. The number of fused-ring (bicyclic) bond motifs is 1. The Morgan fingerprint density at radius 3 is 2.63 bits per heavy atom. The van der Waals surface area contributed by atoms with Crippen LogP contribution in [0.25, 0.3) is 34.1 Å². The van der Waals surface area contributed by atoms with Gasteiger partial charge in [0.15, 0.2) is 5.65 Å². The molecule has 3 aromatic heterocycles. The third-order valence-corrected chi connectivity index (χ3v) is 8.74. The monoisotopic (exact) mass is 603 g/mol. The van der Waals surface area contributed by atoms with E-state index in [1.165, 1.54) is 25.0 Å². The van der Waals surface area contributed by atoms with Gasteiger partial charge >= 0.3 is 5.76 Å². The number of aromatic nitrogens is 6. The summed E-state index contributed by atoms with van der Waals surface area (Å²) in [6, 6.07) is 14.5. The lowest BCUT2D eigenvalue weighted by Crippen LogP contribution is -2.41. The minimum atomic E-state index is -0.731. The molecule has 2 fully saturated rings. The zero-order valence-electron chi connectivity index (χ0n) is 23.7. The maximum atomic E-state index is 14.7. The van der Waals surface area contributed by atoms with Crippen molar-refractivity contribution in [2.24, 2.45) is 11.8 Å². The Kier molecular flexibility index (Phi) is 7.44. The number of H-pyrrole nitrogens is 1. The second-order valence-electron chi connectivity index (χ2n) is 11.5. The van der Waals surface area contributed by atoms with Crippen LogP contribution < -0.4 is 10.7 Å². The van der Waals surface area contributed by atoms with Gasteiger partial charge in [-0.15, -0.1) is 0 Å². The molecule has 4 heterocycles. The quantitative estimate of drug-likeness (QED) is 0.250. The largest absolute Gasteiger partial charge is 0.439 e. The third kappa shape index (κ3) is 5.54. The van der Waals surface area contributed by atoms with E-state index in [9.17, 15) is 9.18 Å². The molecule has 222 valence electrons. The molecule has 12 heteroatoms. The number of aromatic amines is 1. The molecule has 0 bridgehead atoms. The number of hydrogen-bond acceptors (Lipinski definition) is 8. The highest BCUT2D eigenvalue weighted by Gasteiger charge is 2.32. The zero-order valence-corrected chi connectivity index (χ0v) is 24.4. The average Bonchev–Trinajstić information content (AvgIpc) is 3.61. The Balaban J connectivity index is 1.47. The van der Waals surface area contributed by atoms with Gasteiger partial charge in [0.1, 0.15) is 17.0 Å². The normalized spacial score (nSPS) is 21.0. The lowest BCUT2D eigenvalue weighted by molar-refractivity contribution is 0.0927. The molecular weight excluding hydrogens is 573 g/mol. The molecule has 0 unspecified atom stereocenters. The molecule has 7 rings (SSSR count). The molecular formula is C31H31ClFN7O3. The summed E-state index contributed by atoms with van der Waals surface area (Å²) in [5, 5.41) is 4.04. The molecule has 10 nitrogen and oxygen atoms in total. The molecule has 2 aliphatic rings. The Morgan fingerprint density at radius 1 is 1.07 bits per heavy atom. The van der Waals surface area contributed by atoms with Gasteiger partial charge in [0.2, 0.25) is 17.6 Å². The molecule has 0 amide bonds. The lowest BCUT2D eigenvalue weighted by Gasteiger charge is -2.37. The van der Waals surface area contributed by atoms with Gasteiger partial charge in [-0.05, 0) is 48.4 Å². The second-order valence-corrected chi connectivity index (χ2v) is 11.9. The van der Waals surface area contributed by atoms with Gasteiger partial charge in [0.25, 0.3) is 0 Å². The first-order valence-corrected chi connectivity index (χ1v) is 15.0. The van der Waals surface area contributed by atoms with Gasteiger partial charge in [-0.1, -0.05) is 66.9 Å². The summed E-state index contributed by atoms with van der Waals surface area (Å²) >= 11 is 6.33. The highest BCUT2D eigenvalue weighted by Crippen LogP contribution is 2.39. The van der Waals surface area contributed by atoms with E-state index in [1.807, 2.05) is 18.2 Å². The molecule has 2 aromatic carbocycles. The van der Waals surface area contributed by atoms with E-state index in [0.29, 0.717) is 60.6 Å². The van der Waals surface area contributed by atoms with Crippen molar-refractivity contribution in [3.05, 3.63) is 75.5 Å². The van der Waals surface area contributed by atoms with Crippen molar-refractivity contribution in [2.45, 2.75) is 45.2 Å². The predicted molar refractivity (Wildman–Crippen MR) is 160 cm³/mol. The number of nitrogens with one attached hydrogen (secondary N) is 1. The minimum Gasteiger partial charge on any atom is -0.377 e. The molecule has 1 atom stereocenters. The van der Waals surface area contributed by atoms with Crippen molar-refractivity contribution in [3.8, 4) is 22.9 Å². The molecule has 43 heavy (non-hydrogen) atoms. The first-order valence-electron chi connectivity index (χ1n) is 14.6. The SMILES string of the molecule is C[C@H]1CC[C@H](Cn2c(N3CCOC[C@H]3c3ccccc3)nc3nc(-c4noc(=O)[nH]4)nc(-c4cc(F)cc(Cl)c4)c32)CC1. The fourth-order valence-electron chi connectivity index (χ4n) is 6.30. The fraction of sp³-hybridized carbons (Fsp3) is 0.387. The summed E-state index contributed by atoms with van der Waals surface area (Å²) in [5.74, 6) is 0.826. The smallest absolute Gasteiger partial charge is 0.377 e. The van der Waals surface area contributed by atoms with Crippen molar-refractivity contribution >= 4 is 28.7 Å². The number of halogens is 2. The molecule has 1 aliphatic heterocycles. The van der Waals surface area contributed by atoms with Gasteiger partial charge in [-0.3, -0.25) is 9.51 Å². The van der Waals surface area contributed by atoms with E-state index in [1.54, 1.807) is 6.07 Å². The van der Waals surface area contributed by atoms with Crippen molar-refractivity contribution in [1.29, 1.82) is 0 Å². The van der Waals surface area contributed by atoms with Gasteiger partial charge in [-0.2, -0.15) is 4.98 Å². The van der Waals surface area contributed by atoms with Crippen LogP contribution >= 0.6 is 11.6 Å². The van der Waals surface area contributed by atoms with Crippen LogP contribution in [0.5, 0.6) is 0 Å². The molecule has 0 spiro atoms. The summed E-state index contributed by atoms with van der Waals surface area (Å²) in [6.45, 7) is 4.70. The molecule has 5 aromatic rings. The number of anilines is 1. The van der Waals surface area contributed by atoms with Crippen LogP contribution in [0.4, 0.5) is 10.3 Å². The topological polar surface area (TPSA) is 115 Å². The van der Waals surface area contributed by atoms with Crippen molar-refractivity contribution in [3.63, 3.8) is 0 Å². The van der Waals surface area contributed by atoms with Crippen LogP contribution in [-0.4, -0.2) is 49.4 Å². The van der Waals surface area contributed by atoms with E-state index in [4.69, 9.17) is 35.8 Å². The summed E-state index contributed by atoms with van der Waals surface area (Å²) in [5.41, 5.74) is 3.11. The number of rotatable bonds is 6.